The van der Waals surface area contributed by atoms with E-state index < -0.39 is 15.9 Å². The van der Waals surface area contributed by atoms with Crippen LogP contribution in [0.4, 0.5) is 11.4 Å². The third kappa shape index (κ3) is 6.93. The Morgan fingerprint density at radius 1 is 0.971 bits per heavy atom. The predicted molar refractivity (Wildman–Crippen MR) is 139 cm³/mol. The molecular weight excluding hydrogens is 494 g/mol. The van der Waals surface area contributed by atoms with Gasteiger partial charge in [-0.25, -0.2) is 8.42 Å². The Morgan fingerprint density at radius 3 is 2.32 bits per heavy atom. The van der Waals surface area contributed by atoms with E-state index in [1.165, 1.54) is 12.1 Å². The Morgan fingerprint density at radius 2 is 1.68 bits per heavy atom. The zero-order valence-electron chi connectivity index (χ0n) is 18.8. The lowest BCUT2D eigenvalue weighted by atomic mass is 10.1. The number of rotatable bonds is 7. The highest BCUT2D eigenvalue weighted by Crippen LogP contribution is 2.23. The maximum Gasteiger partial charge on any atom is 0.264 e. The van der Waals surface area contributed by atoms with Gasteiger partial charge in [-0.3, -0.25) is 14.8 Å². The van der Waals surface area contributed by atoms with Crippen molar-refractivity contribution in [3.05, 3.63) is 82.4 Å². The number of amides is 1. The average molecular weight is 518 g/mol. The summed E-state index contributed by atoms with van der Waals surface area (Å²) in [4.78, 5) is 12.2. The highest BCUT2D eigenvalue weighted by Gasteiger charge is 2.15. The quantitative estimate of drug-likeness (QED) is 0.383. The summed E-state index contributed by atoms with van der Waals surface area (Å²) in [6, 6.07) is 16.6. The van der Waals surface area contributed by atoms with E-state index in [1.54, 1.807) is 36.4 Å². The van der Waals surface area contributed by atoms with Crippen LogP contribution in [0.15, 0.2) is 65.6 Å². The van der Waals surface area contributed by atoms with Crippen LogP contribution in [0.1, 0.15) is 16.7 Å². The number of thiocarbonyl (C=S) groups is 1. The van der Waals surface area contributed by atoms with Crippen LogP contribution in [0.3, 0.4) is 0 Å². The molecule has 3 aromatic carbocycles. The first kappa shape index (κ1) is 25.5. The molecule has 0 heterocycles. The predicted octanol–water partition coefficient (Wildman–Crippen LogP) is 4.96. The normalized spacial score (nSPS) is 10.9. The van der Waals surface area contributed by atoms with Crippen LogP contribution in [0, 0.1) is 20.8 Å². The lowest BCUT2D eigenvalue weighted by molar-refractivity contribution is -0.121. The number of halogens is 1. The topological polar surface area (TPSA) is 96.5 Å². The molecule has 0 fully saturated rings. The minimum atomic E-state index is -3.76. The first-order valence-electron chi connectivity index (χ1n) is 10.2. The molecule has 10 heteroatoms. The van der Waals surface area contributed by atoms with Gasteiger partial charge in [-0.05, 0) is 92.6 Å². The molecule has 0 saturated carbocycles. The monoisotopic (exact) mass is 517 g/mol. The van der Waals surface area contributed by atoms with Crippen molar-refractivity contribution in [3.8, 4) is 5.75 Å². The van der Waals surface area contributed by atoms with Gasteiger partial charge in [-0.15, -0.1) is 0 Å². The number of carbonyl (C=O) groups is 1. The fourth-order valence-corrected chi connectivity index (χ4v) is 4.68. The highest BCUT2D eigenvalue weighted by atomic mass is 35.5. The van der Waals surface area contributed by atoms with E-state index in [4.69, 9.17) is 28.6 Å². The van der Waals surface area contributed by atoms with Gasteiger partial charge in [0, 0.05) is 10.7 Å². The van der Waals surface area contributed by atoms with Gasteiger partial charge in [-0.2, -0.15) is 0 Å². The third-order valence-corrected chi connectivity index (χ3v) is 6.62. The van der Waals surface area contributed by atoms with E-state index in [0.717, 1.165) is 16.7 Å². The largest absolute Gasteiger partial charge is 0.483 e. The summed E-state index contributed by atoms with van der Waals surface area (Å²) >= 11 is 11.1. The molecule has 0 saturated heterocycles. The number of nitrogens with one attached hydrogen (secondary N) is 3. The highest BCUT2D eigenvalue weighted by molar-refractivity contribution is 7.92. The number of hydrogen-bond donors (Lipinski definition) is 3. The van der Waals surface area contributed by atoms with Crippen LogP contribution in [-0.4, -0.2) is 26.0 Å². The Kier molecular flexibility index (Phi) is 8.14. The van der Waals surface area contributed by atoms with Gasteiger partial charge in [0.15, 0.2) is 11.7 Å². The fourth-order valence-electron chi connectivity index (χ4n) is 3.09. The molecule has 0 aliphatic rings. The molecule has 0 aliphatic carbocycles. The first-order chi connectivity index (χ1) is 16.0. The summed E-state index contributed by atoms with van der Waals surface area (Å²) in [5.74, 6) is 0.105. The summed E-state index contributed by atoms with van der Waals surface area (Å²) in [5.41, 5.74) is 3.73. The van der Waals surface area contributed by atoms with Crippen LogP contribution < -0.4 is 20.1 Å². The second-order valence-electron chi connectivity index (χ2n) is 7.65. The molecule has 3 aromatic rings. The molecule has 34 heavy (non-hydrogen) atoms. The zero-order valence-corrected chi connectivity index (χ0v) is 21.2. The van der Waals surface area contributed by atoms with Crippen LogP contribution in [0.2, 0.25) is 5.02 Å². The van der Waals surface area contributed by atoms with E-state index in [9.17, 15) is 13.2 Å². The number of hydrogen-bond acceptors (Lipinski definition) is 5. The summed E-state index contributed by atoms with van der Waals surface area (Å²) < 4.78 is 33.5. The van der Waals surface area contributed by atoms with Crippen LogP contribution >= 0.6 is 23.8 Å². The number of carbonyl (C=O) groups excluding carboxylic acids is 1. The number of aryl methyl sites for hydroxylation is 3. The summed E-state index contributed by atoms with van der Waals surface area (Å²) in [6.45, 7) is 5.38. The molecule has 0 radical (unpaired) electrons. The van der Waals surface area contributed by atoms with Crippen molar-refractivity contribution in [2.45, 2.75) is 25.7 Å². The van der Waals surface area contributed by atoms with E-state index in [0.29, 0.717) is 22.1 Å². The van der Waals surface area contributed by atoms with Crippen LogP contribution in [-0.2, 0) is 14.8 Å². The molecule has 0 unspecified atom stereocenters. The summed E-state index contributed by atoms with van der Waals surface area (Å²) in [7, 11) is -3.76. The minimum Gasteiger partial charge on any atom is -0.483 e. The van der Waals surface area contributed by atoms with Gasteiger partial charge in [0.2, 0.25) is 0 Å². The standard InChI is InChI=1S/C24H24ClN3O4S2/c1-15-4-10-21(16(2)12-15)28-34(30,31)20-8-6-19(7-9-20)26-24(33)27-23(29)14-32-22-11-5-18(25)13-17(22)3/h4-13,28H,14H2,1-3H3,(H2,26,27,29,33). The Balaban J connectivity index is 1.55. The van der Waals surface area contributed by atoms with Crippen molar-refractivity contribution < 1.29 is 17.9 Å². The lowest BCUT2D eigenvalue weighted by Gasteiger charge is -2.13. The maximum absolute atomic E-state index is 12.7. The van der Waals surface area contributed by atoms with E-state index in [1.807, 2.05) is 32.9 Å². The van der Waals surface area contributed by atoms with Crippen molar-refractivity contribution >= 4 is 56.2 Å². The lowest BCUT2D eigenvalue weighted by Crippen LogP contribution is -2.37. The molecule has 0 aliphatic heterocycles. The number of sulfonamides is 1. The first-order valence-corrected chi connectivity index (χ1v) is 12.5. The van der Waals surface area contributed by atoms with Gasteiger partial charge in [0.1, 0.15) is 5.75 Å². The molecule has 0 bridgehead atoms. The Labute approximate surface area is 209 Å². The van der Waals surface area contributed by atoms with Gasteiger partial charge < -0.3 is 10.1 Å². The van der Waals surface area contributed by atoms with E-state index in [-0.39, 0.29) is 16.6 Å². The maximum atomic E-state index is 12.7. The number of anilines is 2. The fraction of sp³-hybridized carbons (Fsp3) is 0.167. The van der Waals surface area contributed by atoms with Crippen molar-refractivity contribution in [1.82, 2.24) is 5.32 Å². The summed E-state index contributed by atoms with van der Waals surface area (Å²) in [5, 5.41) is 6.01. The Hall–Kier alpha value is -3.14. The molecule has 7 nitrogen and oxygen atoms in total. The third-order valence-electron chi connectivity index (χ3n) is 4.80. The van der Waals surface area contributed by atoms with Gasteiger partial charge in [0.25, 0.3) is 15.9 Å². The molecule has 178 valence electrons. The molecule has 0 aromatic heterocycles. The molecule has 3 rings (SSSR count). The summed E-state index contributed by atoms with van der Waals surface area (Å²) in [6.07, 6.45) is 0. The number of benzene rings is 3. The number of ether oxygens (including phenoxy) is 1. The molecular formula is C24H24ClN3O4S2. The molecule has 0 atom stereocenters. The van der Waals surface area contributed by atoms with Gasteiger partial charge >= 0.3 is 0 Å². The smallest absolute Gasteiger partial charge is 0.264 e. The van der Waals surface area contributed by atoms with Crippen molar-refractivity contribution in [1.29, 1.82) is 0 Å². The zero-order chi connectivity index (χ0) is 24.9. The molecule has 1 amide bonds. The second-order valence-corrected chi connectivity index (χ2v) is 10.2. The van der Waals surface area contributed by atoms with Crippen LogP contribution in [0.25, 0.3) is 0 Å². The van der Waals surface area contributed by atoms with Crippen molar-refractivity contribution in [3.63, 3.8) is 0 Å². The minimum absolute atomic E-state index is 0.0606. The molecule has 3 N–H and O–H groups in total. The van der Waals surface area contributed by atoms with E-state index in [2.05, 4.69) is 15.4 Å². The Bertz CT molecular complexity index is 1330. The van der Waals surface area contributed by atoms with E-state index >= 15 is 0 Å². The average Bonchev–Trinajstić information content (AvgIpc) is 2.75. The van der Waals surface area contributed by atoms with Gasteiger partial charge in [-0.1, -0.05) is 29.3 Å². The molecule has 0 spiro atoms. The second kappa shape index (κ2) is 10.9. The van der Waals surface area contributed by atoms with Crippen molar-refractivity contribution in [2.24, 2.45) is 0 Å². The van der Waals surface area contributed by atoms with Gasteiger partial charge in [0.05, 0.1) is 10.6 Å². The SMILES string of the molecule is Cc1ccc(NS(=O)(=O)c2ccc(NC(=S)NC(=O)COc3ccc(Cl)cc3C)cc2)c(C)c1. The van der Waals surface area contributed by atoms with Crippen molar-refractivity contribution in [2.75, 3.05) is 16.6 Å². The van der Waals surface area contributed by atoms with Crippen LogP contribution in [0.5, 0.6) is 5.75 Å².